The number of likely N-dealkylation sites (N-methyl/N-ethyl adjacent to an activating group) is 1. The molecule has 0 radical (unpaired) electrons. The molecule has 0 atom stereocenters. The molecule has 234 valence electrons. The zero-order chi connectivity index (χ0) is 31.6. The SMILES string of the molecule is CN1CCN(c2ncc(-c3nn(S(=O)(=O)Cc4ccccc4)c4cnc(-c5c(O)cccc5F)cc34)cc2OCCCO)CC1. The van der Waals surface area contributed by atoms with Crippen molar-refractivity contribution in [3.05, 3.63) is 84.4 Å². The van der Waals surface area contributed by atoms with Gasteiger partial charge in [0, 0.05) is 56.4 Å². The van der Waals surface area contributed by atoms with Crippen LogP contribution >= 0.6 is 0 Å². The molecule has 5 aromatic rings. The number of hydrogen-bond donors (Lipinski definition) is 2. The van der Waals surface area contributed by atoms with Gasteiger partial charge in [-0.25, -0.2) is 17.8 Å². The van der Waals surface area contributed by atoms with E-state index in [0.29, 0.717) is 34.5 Å². The summed E-state index contributed by atoms with van der Waals surface area (Å²) in [6.45, 7) is 3.41. The number of halogens is 1. The number of anilines is 1. The number of aliphatic hydroxyl groups is 1. The van der Waals surface area contributed by atoms with Crippen LogP contribution in [0.15, 0.2) is 73.1 Å². The number of aliphatic hydroxyl groups excluding tert-OH is 1. The summed E-state index contributed by atoms with van der Waals surface area (Å²) < 4.78 is 49.4. The predicted molar refractivity (Wildman–Crippen MR) is 169 cm³/mol. The average molecular weight is 633 g/mol. The summed E-state index contributed by atoms with van der Waals surface area (Å²) in [5.74, 6) is -0.170. The minimum Gasteiger partial charge on any atom is -0.507 e. The lowest BCUT2D eigenvalue weighted by molar-refractivity contribution is 0.233. The molecule has 3 aromatic heterocycles. The maximum Gasteiger partial charge on any atom is 0.258 e. The Balaban J connectivity index is 1.51. The van der Waals surface area contributed by atoms with Crippen molar-refractivity contribution in [2.75, 3.05) is 51.3 Å². The van der Waals surface area contributed by atoms with Gasteiger partial charge in [0.05, 0.1) is 29.8 Å². The summed E-state index contributed by atoms with van der Waals surface area (Å²) in [6, 6.07) is 16.0. The molecule has 0 unspecified atom stereocenters. The summed E-state index contributed by atoms with van der Waals surface area (Å²) >= 11 is 0. The zero-order valence-electron chi connectivity index (χ0n) is 24.7. The van der Waals surface area contributed by atoms with E-state index in [0.717, 1.165) is 30.3 Å². The van der Waals surface area contributed by atoms with E-state index in [1.54, 1.807) is 42.6 Å². The highest BCUT2D eigenvalue weighted by Gasteiger charge is 2.26. The minimum atomic E-state index is -4.03. The summed E-state index contributed by atoms with van der Waals surface area (Å²) in [7, 11) is -1.97. The number of phenols is 1. The van der Waals surface area contributed by atoms with Gasteiger partial charge >= 0.3 is 0 Å². The van der Waals surface area contributed by atoms with Gasteiger partial charge in [-0.1, -0.05) is 36.4 Å². The molecular formula is C32H33FN6O5S. The van der Waals surface area contributed by atoms with Crippen molar-refractivity contribution >= 4 is 26.7 Å². The highest BCUT2D eigenvalue weighted by Crippen LogP contribution is 2.38. The summed E-state index contributed by atoms with van der Waals surface area (Å²) in [4.78, 5) is 13.4. The van der Waals surface area contributed by atoms with Gasteiger partial charge in [0.25, 0.3) is 10.0 Å². The second kappa shape index (κ2) is 12.8. The molecule has 2 N–H and O–H groups in total. The normalized spacial score (nSPS) is 14.2. The van der Waals surface area contributed by atoms with E-state index in [4.69, 9.17) is 9.72 Å². The van der Waals surface area contributed by atoms with E-state index in [2.05, 4.69) is 26.9 Å². The highest BCUT2D eigenvalue weighted by atomic mass is 32.2. The van der Waals surface area contributed by atoms with Crippen molar-refractivity contribution in [3.8, 4) is 34.0 Å². The van der Waals surface area contributed by atoms with Crippen molar-refractivity contribution < 1.29 is 27.8 Å². The van der Waals surface area contributed by atoms with Gasteiger partial charge in [0.15, 0.2) is 11.6 Å². The molecule has 1 fully saturated rings. The van der Waals surface area contributed by atoms with Crippen LogP contribution < -0.4 is 9.64 Å². The van der Waals surface area contributed by atoms with Crippen LogP contribution in [0.5, 0.6) is 11.5 Å². The van der Waals surface area contributed by atoms with Crippen LogP contribution in [-0.4, -0.2) is 89.1 Å². The average Bonchev–Trinajstić information content (AvgIpc) is 3.42. The molecule has 0 spiro atoms. The fourth-order valence-corrected chi connectivity index (χ4v) is 6.73. The summed E-state index contributed by atoms with van der Waals surface area (Å²) in [6.07, 6.45) is 3.35. The zero-order valence-corrected chi connectivity index (χ0v) is 25.5. The van der Waals surface area contributed by atoms with E-state index in [1.165, 1.54) is 30.5 Å². The molecule has 4 heterocycles. The van der Waals surface area contributed by atoms with Crippen molar-refractivity contribution in [1.29, 1.82) is 0 Å². The van der Waals surface area contributed by atoms with Crippen molar-refractivity contribution in [1.82, 2.24) is 24.1 Å². The fraction of sp³-hybridized carbons (Fsp3) is 0.281. The third kappa shape index (κ3) is 6.32. The standard InChI is InChI=1S/C32H33FN6O5S/c1-37-11-13-38(14-12-37)32-29(44-16-6-15-40)17-23(19-35-32)31-24-18-26(30-25(33)9-5-10-28(30)41)34-20-27(24)39(36-31)45(42,43)21-22-7-3-2-4-8-22/h2-5,7-10,17-20,40-41H,6,11-16,21H2,1H3. The van der Waals surface area contributed by atoms with E-state index in [9.17, 15) is 23.0 Å². The summed E-state index contributed by atoms with van der Waals surface area (Å²) in [5, 5.41) is 24.8. The molecule has 0 saturated carbocycles. The van der Waals surface area contributed by atoms with Crippen LogP contribution in [0, 0.1) is 5.82 Å². The molecule has 13 heteroatoms. The first kappa shape index (κ1) is 30.4. The number of pyridine rings is 2. The van der Waals surface area contributed by atoms with Gasteiger partial charge in [-0.3, -0.25) is 4.98 Å². The molecule has 0 aliphatic carbocycles. The van der Waals surface area contributed by atoms with Gasteiger partial charge in [-0.2, -0.15) is 9.19 Å². The van der Waals surface area contributed by atoms with Crippen LogP contribution in [0.2, 0.25) is 0 Å². The number of ether oxygens (including phenoxy) is 1. The molecule has 1 aliphatic rings. The second-order valence-electron chi connectivity index (χ2n) is 10.9. The smallest absolute Gasteiger partial charge is 0.258 e. The van der Waals surface area contributed by atoms with Crippen molar-refractivity contribution in [2.24, 2.45) is 0 Å². The number of piperazine rings is 1. The van der Waals surface area contributed by atoms with Gasteiger partial charge in [0.1, 0.15) is 22.8 Å². The van der Waals surface area contributed by atoms with Crippen molar-refractivity contribution in [3.63, 3.8) is 0 Å². The maximum absolute atomic E-state index is 14.9. The fourth-order valence-electron chi connectivity index (χ4n) is 5.34. The molecule has 0 amide bonds. The number of nitrogens with zero attached hydrogens (tertiary/aromatic N) is 6. The van der Waals surface area contributed by atoms with Crippen LogP contribution in [0.3, 0.4) is 0 Å². The molecule has 6 rings (SSSR count). The maximum atomic E-state index is 14.9. The quantitative estimate of drug-likeness (QED) is 0.219. The number of aromatic nitrogens is 4. The molecule has 45 heavy (non-hydrogen) atoms. The van der Waals surface area contributed by atoms with E-state index in [1.807, 2.05) is 0 Å². The minimum absolute atomic E-state index is 0.0378. The number of hydrogen-bond acceptors (Lipinski definition) is 10. The first-order valence-electron chi connectivity index (χ1n) is 14.6. The second-order valence-corrected chi connectivity index (χ2v) is 12.7. The summed E-state index contributed by atoms with van der Waals surface area (Å²) in [5.41, 5.74) is 1.52. The third-order valence-electron chi connectivity index (χ3n) is 7.71. The Labute approximate surface area is 260 Å². The highest BCUT2D eigenvalue weighted by molar-refractivity contribution is 7.89. The Kier molecular flexibility index (Phi) is 8.65. The van der Waals surface area contributed by atoms with E-state index < -0.39 is 15.8 Å². The lowest BCUT2D eigenvalue weighted by atomic mass is 10.1. The van der Waals surface area contributed by atoms with Crippen LogP contribution in [0.25, 0.3) is 33.4 Å². The Hall–Kier alpha value is -4.59. The topological polar surface area (TPSA) is 134 Å². The van der Waals surface area contributed by atoms with Crippen LogP contribution in [0.1, 0.15) is 12.0 Å². The first-order valence-corrected chi connectivity index (χ1v) is 16.2. The third-order valence-corrected chi connectivity index (χ3v) is 9.21. The van der Waals surface area contributed by atoms with E-state index in [-0.39, 0.29) is 47.2 Å². The van der Waals surface area contributed by atoms with Gasteiger partial charge in [-0.05, 0) is 36.9 Å². The van der Waals surface area contributed by atoms with Gasteiger partial charge in [-0.15, -0.1) is 0 Å². The molecular weight excluding hydrogens is 599 g/mol. The number of phenolic OH excluding ortho intramolecular Hbond substituents is 1. The Morgan fingerprint density at radius 3 is 2.49 bits per heavy atom. The van der Waals surface area contributed by atoms with Crippen molar-refractivity contribution in [2.45, 2.75) is 12.2 Å². The molecule has 11 nitrogen and oxygen atoms in total. The number of rotatable bonds is 10. The largest absolute Gasteiger partial charge is 0.507 e. The predicted octanol–water partition coefficient (Wildman–Crippen LogP) is 3.90. The Bertz CT molecular complexity index is 1910. The molecule has 0 bridgehead atoms. The molecule has 2 aromatic carbocycles. The van der Waals surface area contributed by atoms with Gasteiger partial charge in [0.2, 0.25) is 0 Å². The Morgan fingerprint density at radius 1 is 0.978 bits per heavy atom. The van der Waals surface area contributed by atoms with Crippen LogP contribution in [0.4, 0.5) is 10.2 Å². The van der Waals surface area contributed by atoms with Gasteiger partial charge < -0.3 is 24.7 Å². The molecule has 1 aliphatic heterocycles. The molecule has 1 saturated heterocycles. The first-order chi connectivity index (χ1) is 21.7. The lowest BCUT2D eigenvalue weighted by Gasteiger charge is -2.34. The Morgan fingerprint density at radius 2 is 1.76 bits per heavy atom. The number of aromatic hydroxyl groups is 1. The van der Waals surface area contributed by atoms with E-state index >= 15 is 0 Å². The number of benzene rings is 2. The lowest BCUT2D eigenvalue weighted by Crippen LogP contribution is -2.45. The number of fused-ring (bicyclic) bond motifs is 1. The van der Waals surface area contributed by atoms with Crippen LogP contribution in [-0.2, 0) is 15.8 Å². The monoisotopic (exact) mass is 632 g/mol.